The molecule has 0 atom stereocenters. The smallest absolute Gasteiger partial charge is 0.251 e. The highest BCUT2D eigenvalue weighted by Gasteiger charge is 2.27. The molecular weight excluding hydrogens is 378 g/mol. The second-order valence-corrected chi connectivity index (χ2v) is 9.20. The topological polar surface area (TPSA) is 88.5 Å². The van der Waals surface area contributed by atoms with Crippen molar-refractivity contribution in [2.45, 2.75) is 45.1 Å². The van der Waals surface area contributed by atoms with Crippen molar-refractivity contribution in [3.63, 3.8) is 0 Å². The van der Waals surface area contributed by atoms with E-state index in [1.54, 1.807) is 0 Å². The summed E-state index contributed by atoms with van der Waals surface area (Å²) in [7, 11) is -3.65. The molecule has 0 saturated carbocycles. The van der Waals surface area contributed by atoms with E-state index < -0.39 is 15.6 Å². The first kappa shape index (κ1) is 20.3. The van der Waals surface area contributed by atoms with Gasteiger partial charge in [0.05, 0.1) is 4.90 Å². The van der Waals surface area contributed by atoms with Crippen molar-refractivity contribution in [1.82, 2.24) is 8.87 Å². The van der Waals surface area contributed by atoms with E-state index in [1.807, 2.05) is 32.9 Å². The van der Waals surface area contributed by atoms with Crippen LogP contribution in [0.25, 0.3) is 0 Å². The van der Waals surface area contributed by atoms with Gasteiger partial charge in [0.2, 0.25) is 15.9 Å². The first-order valence-corrected chi connectivity index (χ1v) is 10.7. The van der Waals surface area contributed by atoms with E-state index in [0.717, 1.165) is 34.1 Å². The van der Waals surface area contributed by atoms with Crippen LogP contribution in [0.1, 0.15) is 29.5 Å². The number of benzene rings is 1. The molecule has 2 heterocycles. The standard InChI is InChI=1S/C20H25N3O4S/c1-14-10-15(2)20(16(3)11-14)21-18(24)13-22-12-17(6-7-19(22)25)28(26,27)23-8-4-5-9-23/h6-7,10-12H,4-5,8-9,13H2,1-3H3,(H,21,24). The molecule has 2 aromatic rings. The molecule has 1 saturated heterocycles. The van der Waals surface area contributed by atoms with Gasteiger partial charge in [0, 0.05) is 31.0 Å². The van der Waals surface area contributed by atoms with Crippen molar-refractivity contribution in [2.75, 3.05) is 18.4 Å². The van der Waals surface area contributed by atoms with Gasteiger partial charge in [0.1, 0.15) is 6.54 Å². The minimum absolute atomic E-state index is 0.0319. The third-order valence-corrected chi connectivity index (χ3v) is 6.80. The molecular formula is C20H25N3O4S. The summed E-state index contributed by atoms with van der Waals surface area (Å²) in [5, 5.41) is 2.84. The van der Waals surface area contributed by atoms with Crippen molar-refractivity contribution in [3.8, 4) is 0 Å². The molecule has 0 spiro atoms. The Hall–Kier alpha value is -2.45. The number of amides is 1. The average Bonchev–Trinajstić information content (AvgIpc) is 3.15. The summed E-state index contributed by atoms with van der Waals surface area (Å²) in [6, 6.07) is 6.44. The zero-order valence-corrected chi connectivity index (χ0v) is 17.2. The third-order valence-electron chi connectivity index (χ3n) is 4.91. The molecule has 150 valence electrons. The lowest BCUT2D eigenvalue weighted by Gasteiger charge is -2.17. The van der Waals surface area contributed by atoms with Gasteiger partial charge in [-0.3, -0.25) is 9.59 Å². The van der Waals surface area contributed by atoms with Gasteiger partial charge in [0.25, 0.3) is 5.56 Å². The largest absolute Gasteiger partial charge is 0.324 e. The van der Waals surface area contributed by atoms with E-state index in [0.29, 0.717) is 18.8 Å². The van der Waals surface area contributed by atoms with Crippen LogP contribution in [0.5, 0.6) is 0 Å². The molecule has 1 aromatic carbocycles. The third kappa shape index (κ3) is 4.18. The van der Waals surface area contributed by atoms with Crippen LogP contribution < -0.4 is 10.9 Å². The van der Waals surface area contributed by atoms with Crippen molar-refractivity contribution in [2.24, 2.45) is 0 Å². The molecule has 3 rings (SSSR count). The molecule has 0 bridgehead atoms. The summed E-state index contributed by atoms with van der Waals surface area (Å²) in [5.41, 5.74) is 3.26. The number of rotatable bonds is 5. The Balaban J connectivity index is 1.83. The van der Waals surface area contributed by atoms with Crippen molar-refractivity contribution in [1.29, 1.82) is 0 Å². The summed E-state index contributed by atoms with van der Waals surface area (Å²) in [4.78, 5) is 24.7. The van der Waals surface area contributed by atoms with Crippen LogP contribution in [0.2, 0.25) is 0 Å². The Morgan fingerprint density at radius 1 is 1.07 bits per heavy atom. The molecule has 0 radical (unpaired) electrons. The average molecular weight is 404 g/mol. The van der Waals surface area contributed by atoms with Gasteiger partial charge in [-0.15, -0.1) is 0 Å². The quantitative estimate of drug-likeness (QED) is 0.829. The van der Waals surface area contributed by atoms with Gasteiger partial charge in [-0.1, -0.05) is 17.7 Å². The van der Waals surface area contributed by atoms with Crippen LogP contribution in [0.15, 0.2) is 40.2 Å². The Kier molecular flexibility index (Phi) is 5.71. The summed E-state index contributed by atoms with van der Waals surface area (Å²) < 4.78 is 28.0. The maximum absolute atomic E-state index is 12.7. The van der Waals surface area contributed by atoms with Crippen molar-refractivity contribution < 1.29 is 13.2 Å². The van der Waals surface area contributed by atoms with Crippen molar-refractivity contribution in [3.05, 3.63) is 57.5 Å². The second-order valence-electron chi connectivity index (χ2n) is 7.26. The molecule has 28 heavy (non-hydrogen) atoms. The molecule has 0 unspecified atom stereocenters. The zero-order chi connectivity index (χ0) is 20.5. The van der Waals surface area contributed by atoms with Gasteiger partial charge >= 0.3 is 0 Å². The van der Waals surface area contributed by atoms with E-state index in [2.05, 4.69) is 5.32 Å². The number of aryl methyl sites for hydroxylation is 3. The summed E-state index contributed by atoms with van der Waals surface area (Å²) in [6.45, 7) is 6.50. The number of aromatic nitrogens is 1. The number of hydrogen-bond donors (Lipinski definition) is 1. The van der Waals surface area contributed by atoms with Crippen LogP contribution in [0, 0.1) is 20.8 Å². The van der Waals surface area contributed by atoms with Crippen LogP contribution in [0.3, 0.4) is 0 Å². The summed E-state index contributed by atoms with van der Waals surface area (Å²) in [6.07, 6.45) is 2.91. The fourth-order valence-electron chi connectivity index (χ4n) is 3.57. The zero-order valence-electron chi connectivity index (χ0n) is 16.4. The van der Waals surface area contributed by atoms with Crippen LogP contribution in [-0.2, 0) is 21.4 Å². The number of sulfonamides is 1. The van der Waals surface area contributed by atoms with Gasteiger partial charge in [-0.25, -0.2) is 8.42 Å². The highest BCUT2D eigenvalue weighted by molar-refractivity contribution is 7.89. The van der Waals surface area contributed by atoms with Gasteiger partial charge in [-0.2, -0.15) is 4.31 Å². The SMILES string of the molecule is Cc1cc(C)c(NC(=O)Cn2cc(S(=O)(=O)N3CCCC3)ccc2=O)c(C)c1. The molecule has 1 fully saturated rings. The van der Waals surface area contributed by atoms with Gasteiger partial charge < -0.3 is 9.88 Å². The monoisotopic (exact) mass is 403 g/mol. The fourth-order valence-corrected chi connectivity index (χ4v) is 5.11. The minimum Gasteiger partial charge on any atom is -0.324 e. The lowest BCUT2D eigenvalue weighted by Crippen LogP contribution is -2.31. The Labute approximate surface area is 165 Å². The van der Waals surface area contributed by atoms with E-state index >= 15 is 0 Å². The van der Waals surface area contributed by atoms with E-state index in [9.17, 15) is 18.0 Å². The Morgan fingerprint density at radius 2 is 1.68 bits per heavy atom. The maximum Gasteiger partial charge on any atom is 0.251 e. The van der Waals surface area contributed by atoms with Crippen molar-refractivity contribution >= 4 is 21.6 Å². The number of pyridine rings is 1. The molecule has 7 nitrogen and oxygen atoms in total. The first-order valence-electron chi connectivity index (χ1n) is 9.27. The molecule has 1 aliphatic rings. The van der Waals surface area contributed by atoms with E-state index in [-0.39, 0.29) is 17.3 Å². The molecule has 0 aliphatic carbocycles. The number of anilines is 1. The first-order chi connectivity index (χ1) is 13.2. The van der Waals surface area contributed by atoms with Gasteiger partial charge in [0.15, 0.2) is 0 Å². The highest BCUT2D eigenvalue weighted by atomic mass is 32.2. The maximum atomic E-state index is 12.7. The molecule has 1 N–H and O–H groups in total. The number of hydrogen-bond acceptors (Lipinski definition) is 4. The fraction of sp³-hybridized carbons (Fsp3) is 0.400. The lowest BCUT2D eigenvalue weighted by molar-refractivity contribution is -0.116. The molecule has 1 aliphatic heterocycles. The molecule has 1 aromatic heterocycles. The summed E-state index contributed by atoms with van der Waals surface area (Å²) in [5.74, 6) is -0.382. The Bertz CT molecular complexity index is 1040. The normalized spacial score (nSPS) is 15.0. The van der Waals surface area contributed by atoms with Gasteiger partial charge in [-0.05, 0) is 50.8 Å². The molecule has 1 amide bonds. The number of carbonyl (C=O) groups is 1. The van der Waals surface area contributed by atoms with Crippen LogP contribution in [-0.4, -0.2) is 36.3 Å². The number of nitrogens with zero attached hydrogens (tertiary/aromatic N) is 2. The second kappa shape index (κ2) is 7.89. The minimum atomic E-state index is -3.65. The number of nitrogens with one attached hydrogen (secondary N) is 1. The molecule has 8 heteroatoms. The highest BCUT2D eigenvalue weighted by Crippen LogP contribution is 2.22. The predicted molar refractivity (Wildman–Crippen MR) is 108 cm³/mol. The predicted octanol–water partition coefficient (Wildman–Crippen LogP) is 2.20. The lowest BCUT2D eigenvalue weighted by atomic mass is 10.1. The van der Waals surface area contributed by atoms with Crippen LogP contribution >= 0.6 is 0 Å². The number of carbonyl (C=O) groups excluding carboxylic acids is 1. The van der Waals surface area contributed by atoms with Crippen LogP contribution in [0.4, 0.5) is 5.69 Å². The van der Waals surface area contributed by atoms with E-state index in [1.165, 1.54) is 22.6 Å². The Morgan fingerprint density at radius 3 is 2.29 bits per heavy atom. The summed E-state index contributed by atoms with van der Waals surface area (Å²) >= 11 is 0. The van der Waals surface area contributed by atoms with E-state index in [4.69, 9.17) is 0 Å².